The highest BCUT2D eigenvalue weighted by molar-refractivity contribution is 7.01. The van der Waals surface area contributed by atoms with Crippen LogP contribution in [0.15, 0.2) is 315 Å². The first-order valence-corrected chi connectivity index (χ1v) is 38.1. The molecule has 4 aliphatic rings. The van der Waals surface area contributed by atoms with Crippen LogP contribution in [0.25, 0.3) is 55.6 Å². The van der Waals surface area contributed by atoms with Gasteiger partial charge in [0.25, 0.3) is 13.4 Å². The molecule has 538 valence electrons. The summed E-state index contributed by atoms with van der Waals surface area (Å²) in [4.78, 5) is 10.00. The predicted octanol–water partition coefficient (Wildman–Crippen LogP) is 17.2. The lowest BCUT2D eigenvalue weighted by Crippen LogP contribution is -2.61. The Bertz CT molecular complexity index is 4960. The number of ether oxygens (including phenoxy) is 4. The lowest BCUT2D eigenvalue weighted by molar-refractivity contribution is 0.233. The van der Waals surface area contributed by atoms with Crippen LogP contribution in [0.1, 0.15) is 25.7 Å². The molecule has 18 rings (SSSR count). The van der Waals surface area contributed by atoms with Gasteiger partial charge in [-0.15, -0.1) is 0 Å². The molecule has 0 aliphatic carbocycles. The van der Waals surface area contributed by atoms with E-state index < -0.39 is 0 Å². The molecule has 4 N–H and O–H groups in total. The van der Waals surface area contributed by atoms with Gasteiger partial charge >= 0.3 is 0 Å². The summed E-state index contributed by atoms with van der Waals surface area (Å²) in [5, 5.41) is 38.4. The first-order chi connectivity index (χ1) is 54.4. The minimum atomic E-state index is -0.222. The topological polar surface area (TPSA) is 131 Å². The van der Waals surface area contributed by atoms with Crippen molar-refractivity contribution >= 4 is 114 Å². The maximum Gasteiger partial charge on any atom is 0.252 e. The zero-order valence-corrected chi connectivity index (χ0v) is 60.9. The molecule has 0 bridgehead atoms. The summed E-state index contributed by atoms with van der Waals surface area (Å²) >= 11 is 0. The Labute approximate surface area is 642 Å². The second-order valence-electron chi connectivity index (χ2n) is 28.3. The molecule has 12 nitrogen and oxygen atoms in total. The summed E-state index contributed by atoms with van der Waals surface area (Å²) in [5.74, 6) is 3.02. The van der Waals surface area contributed by atoms with Crippen LogP contribution in [0.5, 0.6) is 23.0 Å². The van der Waals surface area contributed by atoms with Crippen molar-refractivity contribution in [1.82, 2.24) is 0 Å². The van der Waals surface area contributed by atoms with Crippen molar-refractivity contribution in [1.29, 1.82) is 0 Å². The van der Waals surface area contributed by atoms with Crippen molar-refractivity contribution in [3.63, 3.8) is 0 Å². The number of aliphatic hydroxyl groups excluding tert-OH is 4. The first-order valence-electron chi connectivity index (χ1n) is 38.1. The predicted molar refractivity (Wildman–Crippen MR) is 450 cm³/mol. The van der Waals surface area contributed by atoms with Crippen molar-refractivity contribution in [3.05, 3.63) is 315 Å². The highest BCUT2D eigenvalue weighted by atomic mass is 16.5. The number of hydrogen-bond donors (Lipinski definition) is 4. The molecule has 0 fully saturated rings. The van der Waals surface area contributed by atoms with Crippen molar-refractivity contribution in [3.8, 4) is 78.6 Å². The van der Waals surface area contributed by atoms with E-state index in [1.807, 2.05) is 48.5 Å². The second-order valence-corrected chi connectivity index (χ2v) is 28.3. The molecule has 4 heterocycles. The Hall–Kier alpha value is -12.6. The van der Waals surface area contributed by atoms with Gasteiger partial charge in [0, 0.05) is 120 Å². The molecule has 14 aromatic carbocycles. The van der Waals surface area contributed by atoms with Gasteiger partial charge in [0.2, 0.25) is 0 Å². The molecular formula is C96H80B2N4O8. The molecule has 0 unspecified atom stereocenters. The lowest BCUT2D eigenvalue weighted by atomic mass is 9.33. The fraction of sp³-hybridized carbons (Fsp3) is 0.125. The molecule has 14 aromatic rings. The monoisotopic (exact) mass is 1440 g/mol. The molecule has 0 saturated carbocycles. The molecule has 0 saturated heterocycles. The second kappa shape index (κ2) is 30.6. The SMILES string of the molecule is OCCCOc1ccc(-c2ccc3c(c2)N(c2ccccc2)c2cc(-c4cc5c6c(c4)N(c4ccccc4)c4cc(-c7ccc(OCCCO)cc7)ccc4B6c4ccc(-c6ccc(OCCCO)cc6)cc4N5c4ccccc4)cc4c2B3c2ccc(-c3ccc(OCCCO)cc3)cc2N4c2ccccc2)cc1. The van der Waals surface area contributed by atoms with Gasteiger partial charge in [0.05, 0.1) is 26.4 Å². The minimum absolute atomic E-state index is 0.0656. The quantitative estimate of drug-likeness (QED) is 0.0321. The maximum absolute atomic E-state index is 9.59. The van der Waals surface area contributed by atoms with Crippen LogP contribution in [-0.4, -0.2) is 86.7 Å². The van der Waals surface area contributed by atoms with Crippen LogP contribution < -0.4 is 71.3 Å². The van der Waals surface area contributed by atoms with Gasteiger partial charge in [-0.1, -0.05) is 170 Å². The summed E-state index contributed by atoms with van der Waals surface area (Å²) in [6.45, 7) is 1.54. The van der Waals surface area contributed by atoms with Gasteiger partial charge < -0.3 is 59.0 Å². The Balaban J connectivity index is 0.901. The number of hydrogen-bond acceptors (Lipinski definition) is 12. The smallest absolute Gasteiger partial charge is 0.252 e. The van der Waals surface area contributed by atoms with E-state index in [0.29, 0.717) is 52.1 Å². The molecule has 14 heteroatoms. The number of anilines is 12. The van der Waals surface area contributed by atoms with Crippen molar-refractivity contribution in [2.45, 2.75) is 25.7 Å². The summed E-state index contributed by atoms with van der Waals surface area (Å²) in [6.07, 6.45) is 2.21. The van der Waals surface area contributed by atoms with Crippen molar-refractivity contribution in [2.75, 3.05) is 72.5 Å². The fourth-order valence-electron chi connectivity index (χ4n) is 16.4. The van der Waals surface area contributed by atoms with Crippen LogP contribution in [0.3, 0.4) is 0 Å². The molecule has 0 spiro atoms. The standard InChI is InChI=1S/C96H80B2N4O8/c103-49-13-53-107-79-37-25-65(26-38-79)69-33-45-83-87(57-69)99(75-17-5-1-6-18-75)91-61-73(62-92-95(91)97(83)84-46-34-70(58-88(84)100(92)76-19-7-2-8-20-76)66-27-39-80(40-28-66)108-54-14-50-104)74-63-93-96-94(64-74)102(78-23-11-4-12-24-78)90-60-72(68-31-43-82(44-32-68)110-56-16-52-106)36-48-86(90)98(96)85-47-35-71(59-89(85)101(93)77-21-9-3-10-22-77)67-29-41-81(42-30-67)109-55-15-51-105/h1-12,17-48,57-64,103-106H,13-16,49-56H2. The number of nitrogens with zero attached hydrogens (tertiary/aromatic N) is 4. The minimum Gasteiger partial charge on any atom is -0.494 e. The molecule has 0 aromatic heterocycles. The highest BCUT2D eigenvalue weighted by Crippen LogP contribution is 2.52. The Morgan fingerprint density at radius 2 is 0.409 bits per heavy atom. The summed E-state index contributed by atoms with van der Waals surface area (Å²) in [6, 6.07) is 114. The number of fused-ring (bicyclic) bond motifs is 8. The molecule has 0 amide bonds. The van der Waals surface area contributed by atoms with E-state index in [2.05, 4.69) is 287 Å². The fourth-order valence-corrected chi connectivity index (χ4v) is 16.4. The third-order valence-electron chi connectivity index (χ3n) is 21.6. The van der Waals surface area contributed by atoms with Crippen LogP contribution >= 0.6 is 0 Å². The van der Waals surface area contributed by atoms with Crippen LogP contribution in [-0.2, 0) is 0 Å². The van der Waals surface area contributed by atoms with Crippen molar-refractivity contribution < 1.29 is 39.4 Å². The van der Waals surface area contributed by atoms with Crippen LogP contribution in [0.2, 0.25) is 0 Å². The van der Waals surface area contributed by atoms with Crippen LogP contribution in [0, 0.1) is 0 Å². The van der Waals surface area contributed by atoms with E-state index in [1.165, 1.54) is 32.8 Å². The van der Waals surface area contributed by atoms with E-state index in [-0.39, 0.29) is 39.9 Å². The van der Waals surface area contributed by atoms with Gasteiger partial charge in [0.1, 0.15) is 23.0 Å². The third-order valence-corrected chi connectivity index (χ3v) is 21.6. The average molecular weight is 1440 g/mol. The molecule has 4 aliphatic heterocycles. The number of para-hydroxylation sites is 4. The number of aliphatic hydroxyl groups is 4. The molecular weight excluding hydrogens is 1360 g/mol. The van der Waals surface area contributed by atoms with E-state index in [1.54, 1.807) is 0 Å². The summed E-state index contributed by atoms with van der Waals surface area (Å²) in [7, 11) is 0. The van der Waals surface area contributed by atoms with E-state index in [9.17, 15) is 20.4 Å². The normalized spacial score (nSPS) is 12.7. The van der Waals surface area contributed by atoms with Gasteiger partial charge in [-0.3, -0.25) is 0 Å². The highest BCUT2D eigenvalue weighted by Gasteiger charge is 2.47. The van der Waals surface area contributed by atoms with Crippen LogP contribution in [0.4, 0.5) is 68.2 Å². The zero-order chi connectivity index (χ0) is 74.0. The van der Waals surface area contributed by atoms with Crippen molar-refractivity contribution in [2.24, 2.45) is 0 Å². The summed E-state index contributed by atoms with van der Waals surface area (Å²) < 4.78 is 24.3. The largest absolute Gasteiger partial charge is 0.494 e. The molecule has 0 radical (unpaired) electrons. The first kappa shape index (κ1) is 69.2. The number of benzene rings is 14. The van der Waals surface area contributed by atoms with Gasteiger partial charge in [-0.2, -0.15) is 0 Å². The lowest BCUT2D eigenvalue weighted by Gasteiger charge is -2.45. The summed E-state index contributed by atoms with van der Waals surface area (Å²) in [5.41, 5.74) is 30.2. The zero-order valence-electron chi connectivity index (χ0n) is 60.9. The van der Waals surface area contributed by atoms with Gasteiger partial charge in [0.15, 0.2) is 0 Å². The third kappa shape index (κ3) is 13.0. The number of rotatable bonds is 25. The van der Waals surface area contributed by atoms with Gasteiger partial charge in [-0.25, -0.2) is 0 Å². The van der Waals surface area contributed by atoms with Gasteiger partial charge in [-0.05, 0) is 234 Å². The average Bonchev–Trinajstić information content (AvgIpc) is 0.694. The van der Waals surface area contributed by atoms with E-state index >= 15 is 0 Å². The maximum atomic E-state index is 9.59. The Morgan fingerprint density at radius 1 is 0.209 bits per heavy atom. The van der Waals surface area contributed by atoms with E-state index in [0.717, 1.165) is 147 Å². The Kier molecular flexibility index (Phi) is 19.3. The Morgan fingerprint density at radius 3 is 0.618 bits per heavy atom. The van der Waals surface area contributed by atoms with E-state index in [4.69, 9.17) is 18.9 Å². The molecule has 0 atom stereocenters. The molecule has 110 heavy (non-hydrogen) atoms.